The van der Waals surface area contributed by atoms with Crippen LogP contribution in [0.15, 0.2) is 12.1 Å². The fraction of sp³-hybridized carbons (Fsp3) is 0.583. The Morgan fingerprint density at radius 3 is 2.82 bits per heavy atom. The number of nitrogen functional groups attached to an aromatic ring is 1. The molecule has 1 heterocycles. The van der Waals surface area contributed by atoms with E-state index >= 15 is 0 Å². The molecule has 1 saturated carbocycles. The molecule has 0 spiro atoms. The zero-order chi connectivity index (χ0) is 12.4. The highest BCUT2D eigenvalue weighted by molar-refractivity contribution is 6.29. The van der Waals surface area contributed by atoms with Crippen molar-refractivity contribution in [1.29, 1.82) is 0 Å². The summed E-state index contributed by atoms with van der Waals surface area (Å²) in [4.78, 5) is 6.19. The highest BCUT2D eigenvalue weighted by atomic mass is 35.5. The molecule has 2 unspecified atom stereocenters. The van der Waals surface area contributed by atoms with Gasteiger partial charge in [0.2, 0.25) is 0 Å². The van der Waals surface area contributed by atoms with Gasteiger partial charge in [0, 0.05) is 7.05 Å². The SMILES string of the molecule is CN(c1nc(Cl)ccc1N)C1CCCCC1O. The first kappa shape index (κ1) is 12.5. The van der Waals surface area contributed by atoms with E-state index in [-0.39, 0.29) is 12.1 Å². The molecule has 0 amide bonds. The highest BCUT2D eigenvalue weighted by Gasteiger charge is 2.28. The number of aromatic nitrogens is 1. The fourth-order valence-electron chi connectivity index (χ4n) is 2.42. The molecule has 1 aromatic rings. The van der Waals surface area contributed by atoms with Crippen molar-refractivity contribution >= 4 is 23.1 Å². The first-order valence-corrected chi connectivity index (χ1v) is 6.30. The summed E-state index contributed by atoms with van der Waals surface area (Å²) in [6, 6.07) is 3.50. The first-order chi connectivity index (χ1) is 8.09. The molecule has 2 rings (SSSR count). The van der Waals surface area contributed by atoms with E-state index in [1.807, 2.05) is 11.9 Å². The van der Waals surface area contributed by atoms with Gasteiger partial charge < -0.3 is 15.7 Å². The van der Waals surface area contributed by atoms with Crippen LogP contribution in [-0.2, 0) is 0 Å². The Labute approximate surface area is 106 Å². The topological polar surface area (TPSA) is 62.4 Å². The molecule has 1 fully saturated rings. The van der Waals surface area contributed by atoms with Crippen LogP contribution in [0.4, 0.5) is 11.5 Å². The number of halogens is 1. The van der Waals surface area contributed by atoms with E-state index in [0.717, 1.165) is 25.7 Å². The van der Waals surface area contributed by atoms with Gasteiger partial charge in [-0.05, 0) is 25.0 Å². The molecule has 0 radical (unpaired) electrons. The van der Waals surface area contributed by atoms with Gasteiger partial charge in [0.1, 0.15) is 5.15 Å². The maximum atomic E-state index is 10.0. The second kappa shape index (κ2) is 5.10. The normalized spacial score (nSPS) is 24.6. The Hall–Kier alpha value is -1.00. The van der Waals surface area contributed by atoms with Gasteiger partial charge in [-0.2, -0.15) is 0 Å². The average Bonchev–Trinajstić information content (AvgIpc) is 2.32. The molecular weight excluding hydrogens is 238 g/mol. The van der Waals surface area contributed by atoms with Gasteiger partial charge in [-0.3, -0.25) is 0 Å². The van der Waals surface area contributed by atoms with Crippen molar-refractivity contribution in [2.75, 3.05) is 17.7 Å². The summed E-state index contributed by atoms with van der Waals surface area (Å²) in [5, 5.41) is 10.4. The summed E-state index contributed by atoms with van der Waals surface area (Å²) in [7, 11) is 1.91. The summed E-state index contributed by atoms with van der Waals surface area (Å²) in [6.07, 6.45) is 3.71. The van der Waals surface area contributed by atoms with Crippen LogP contribution in [0.2, 0.25) is 5.15 Å². The van der Waals surface area contributed by atoms with Crippen molar-refractivity contribution in [3.05, 3.63) is 17.3 Å². The summed E-state index contributed by atoms with van der Waals surface area (Å²) in [5.74, 6) is 0.656. The van der Waals surface area contributed by atoms with E-state index in [4.69, 9.17) is 17.3 Å². The minimum atomic E-state index is -0.311. The minimum absolute atomic E-state index is 0.0806. The van der Waals surface area contributed by atoms with Crippen LogP contribution in [0.25, 0.3) is 0 Å². The number of nitrogens with two attached hydrogens (primary N) is 1. The van der Waals surface area contributed by atoms with Crippen LogP contribution in [0.1, 0.15) is 25.7 Å². The van der Waals surface area contributed by atoms with Gasteiger partial charge in [-0.1, -0.05) is 24.4 Å². The van der Waals surface area contributed by atoms with Crippen LogP contribution in [0.3, 0.4) is 0 Å². The number of hydrogen-bond donors (Lipinski definition) is 2. The molecule has 0 saturated heterocycles. The molecular formula is C12H18ClN3O. The van der Waals surface area contributed by atoms with Crippen molar-refractivity contribution in [3.8, 4) is 0 Å². The molecule has 0 aliphatic heterocycles. The largest absolute Gasteiger partial charge is 0.396 e. The highest BCUT2D eigenvalue weighted by Crippen LogP contribution is 2.29. The summed E-state index contributed by atoms with van der Waals surface area (Å²) >= 11 is 5.88. The van der Waals surface area contributed by atoms with E-state index in [0.29, 0.717) is 16.7 Å². The van der Waals surface area contributed by atoms with Crippen molar-refractivity contribution in [2.45, 2.75) is 37.8 Å². The van der Waals surface area contributed by atoms with E-state index in [2.05, 4.69) is 4.98 Å². The van der Waals surface area contributed by atoms with Gasteiger partial charge in [-0.15, -0.1) is 0 Å². The fourth-order valence-corrected chi connectivity index (χ4v) is 2.56. The molecule has 1 aliphatic carbocycles. The van der Waals surface area contributed by atoms with Crippen molar-refractivity contribution < 1.29 is 5.11 Å². The van der Waals surface area contributed by atoms with Gasteiger partial charge in [0.05, 0.1) is 17.8 Å². The summed E-state index contributed by atoms with van der Waals surface area (Å²) in [5.41, 5.74) is 6.49. The third kappa shape index (κ3) is 2.64. The van der Waals surface area contributed by atoms with Gasteiger partial charge in [0.25, 0.3) is 0 Å². The van der Waals surface area contributed by atoms with Crippen molar-refractivity contribution in [3.63, 3.8) is 0 Å². The van der Waals surface area contributed by atoms with Gasteiger partial charge >= 0.3 is 0 Å². The molecule has 4 nitrogen and oxygen atoms in total. The van der Waals surface area contributed by atoms with E-state index in [1.165, 1.54) is 0 Å². The average molecular weight is 256 g/mol. The minimum Gasteiger partial charge on any atom is -0.396 e. The van der Waals surface area contributed by atoms with E-state index in [9.17, 15) is 5.11 Å². The third-order valence-corrected chi connectivity index (χ3v) is 3.61. The van der Waals surface area contributed by atoms with Crippen LogP contribution in [0.5, 0.6) is 0 Å². The lowest BCUT2D eigenvalue weighted by molar-refractivity contribution is 0.106. The molecule has 17 heavy (non-hydrogen) atoms. The number of anilines is 2. The number of nitrogens with zero attached hydrogens (tertiary/aromatic N) is 2. The molecule has 94 valence electrons. The van der Waals surface area contributed by atoms with Crippen LogP contribution >= 0.6 is 11.6 Å². The molecule has 2 atom stereocenters. The predicted octanol–water partition coefficient (Wildman–Crippen LogP) is 2.06. The number of likely N-dealkylation sites (N-methyl/N-ethyl adjacent to an activating group) is 1. The molecule has 3 N–H and O–H groups in total. The molecule has 1 aromatic heterocycles. The molecule has 1 aliphatic rings. The van der Waals surface area contributed by atoms with Gasteiger partial charge in [0.15, 0.2) is 5.82 Å². The molecule has 0 bridgehead atoms. The lowest BCUT2D eigenvalue weighted by Crippen LogP contribution is -2.44. The third-order valence-electron chi connectivity index (χ3n) is 3.40. The second-order valence-corrected chi connectivity index (χ2v) is 4.96. The monoisotopic (exact) mass is 255 g/mol. The standard InChI is InChI=1S/C12H18ClN3O/c1-16(9-4-2-3-5-10(9)17)12-8(14)6-7-11(13)15-12/h6-7,9-10,17H,2-5,14H2,1H3. The van der Waals surface area contributed by atoms with E-state index < -0.39 is 0 Å². The van der Waals surface area contributed by atoms with E-state index in [1.54, 1.807) is 12.1 Å². The Morgan fingerprint density at radius 2 is 2.12 bits per heavy atom. The number of aliphatic hydroxyl groups is 1. The number of pyridine rings is 1. The Morgan fingerprint density at radius 1 is 1.41 bits per heavy atom. The molecule has 0 aromatic carbocycles. The number of hydrogen-bond acceptors (Lipinski definition) is 4. The summed E-state index contributed by atoms with van der Waals surface area (Å²) in [6.45, 7) is 0. The maximum absolute atomic E-state index is 10.0. The lowest BCUT2D eigenvalue weighted by atomic mass is 9.91. The Bertz CT molecular complexity index is 399. The number of rotatable bonds is 2. The Balaban J connectivity index is 2.23. The first-order valence-electron chi connectivity index (χ1n) is 5.92. The summed E-state index contributed by atoms with van der Waals surface area (Å²) < 4.78 is 0. The zero-order valence-electron chi connectivity index (χ0n) is 9.93. The zero-order valence-corrected chi connectivity index (χ0v) is 10.7. The van der Waals surface area contributed by atoms with Crippen LogP contribution in [-0.4, -0.2) is 29.3 Å². The second-order valence-electron chi connectivity index (χ2n) is 4.58. The van der Waals surface area contributed by atoms with Crippen LogP contribution in [0, 0.1) is 0 Å². The molecule has 5 heteroatoms. The maximum Gasteiger partial charge on any atom is 0.153 e. The van der Waals surface area contributed by atoms with Crippen LogP contribution < -0.4 is 10.6 Å². The van der Waals surface area contributed by atoms with Crippen molar-refractivity contribution in [2.24, 2.45) is 0 Å². The Kier molecular flexibility index (Phi) is 3.74. The number of aliphatic hydroxyl groups excluding tert-OH is 1. The predicted molar refractivity (Wildman–Crippen MR) is 70.3 cm³/mol. The smallest absolute Gasteiger partial charge is 0.153 e. The van der Waals surface area contributed by atoms with Gasteiger partial charge in [-0.25, -0.2) is 4.98 Å². The lowest BCUT2D eigenvalue weighted by Gasteiger charge is -2.36. The van der Waals surface area contributed by atoms with Crippen molar-refractivity contribution in [1.82, 2.24) is 4.98 Å². The quantitative estimate of drug-likeness (QED) is 0.794.